The number of alkyl carbamates (subject to hydrolysis) is 1. The van der Waals surface area contributed by atoms with E-state index in [0.717, 1.165) is 7.11 Å². The van der Waals surface area contributed by atoms with Gasteiger partial charge in [-0.3, -0.25) is 19.8 Å². The van der Waals surface area contributed by atoms with E-state index in [9.17, 15) is 14.4 Å². The number of carbonyl (C=O) groups excluding carboxylic acids is 2. The number of nitrogens with zero attached hydrogens (tertiary/aromatic N) is 1. The molecule has 0 aromatic rings. The Labute approximate surface area is 99.7 Å². The lowest BCUT2D eigenvalue weighted by molar-refractivity contribution is -0.138. The molecule has 2 amide bonds. The molecular weight excluding hydrogens is 228 g/mol. The summed E-state index contributed by atoms with van der Waals surface area (Å²) in [5.74, 6) is -1.44. The van der Waals surface area contributed by atoms with Gasteiger partial charge in [0, 0.05) is 6.04 Å². The molecule has 0 aliphatic carbocycles. The van der Waals surface area contributed by atoms with Crippen molar-refractivity contribution in [3.05, 3.63) is 0 Å². The highest BCUT2D eigenvalue weighted by atomic mass is 16.5. The second-order valence-corrected chi connectivity index (χ2v) is 3.55. The van der Waals surface area contributed by atoms with Crippen molar-refractivity contribution in [1.29, 1.82) is 0 Å². The molecule has 98 valence electrons. The summed E-state index contributed by atoms with van der Waals surface area (Å²) in [7, 11) is 1.16. The number of carbonyl (C=O) groups is 3. The van der Waals surface area contributed by atoms with Gasteiger partial charge < -0.3 is 9.84 Å². The first-order valence-electron chi connectivity index (χ1n) is 5.24. The lowest BCUT2D eigenvalue weighted by Gasteiger charge is -2.25. The van der Waals surface area contributed by atoms with Crippen LogP contribution in [-0.2, 0) is 14.3 Å². The fraction of sp³-hybridized carbons (Fsp3) is 0.700. The summed E-state index contributed by atoms with van der Waals surface area (Å²) in [6, 6.07) is -0.277. The van der Waals surface area contributed by atoms with Crippen molar-refractivity contribution < 1.29 is 24.2 Å². The number of aliphatic carboxylic acids is 1. The topological polar surface area (TPSA) is 95.9 Å². The Hall–Kier alpha value is -1.63. The number of amides is 2. The van der Waals surface area contributed by atoms with E-state index in [4.69, 9.17) is 5.11 Å². The van der Waals surface area contributed by atoms with Gasteiger partial charge >= 0.3 is 12.1 Å². The molecule has 0 aliphatic rings. The molecule has 0 aliphatic heterocycles. The summed E-state index contributed by atoms with van der Waals surface area (Å²) in [5.41, 5.74) is 0. The van der Waals surface area contributed by atoms with Crippen molar-refractivity contribution in [2.75, 3.05) is 20.2 Å². The van der Waals surface area contributed by atoms with Crippen molar-refractivity contribution in [3.63, 3.8) is 0 Å². The van der Waals surface area contributed by atoms with E-state index in [0.29, 0.717) is 6.54 Å². The van der Waals surface area contributed by atoms with Crippen LogP contribution < -0.4 is 5.32 Å². The van der Waals surface area contributed by atoms with E-state index in [1.54, 1.807) is 11.8 Å². The summed E-state index contributed by atoms with van der Waals surface area (Å²) in [6.07, 6.45) is -0.878. The van der Waals surface area contributed by atoms with Gasteiger partial charge in [-0.15, -0.1) is 0 Å². The largest absolute Gasteiger partial charge is 0.481 e. The van der Waals surface area contributed by atoms with Crippen LogP contribution in [0.15, 0.2) is 0 Å². The van der Waals surface area contributed by atoms with Gasteiger partial charge in [0.1, 0.15) is 0 Å². The van der Waals surface area contributed by atoms with Crippen molar-refractivity contribution in [3.8, 4) is 0 Å². The lowest BCUT2D eigenvalue weighted by atomic mass is 10.2. The Morgan fingerprint density at radius 3 is 2.41 bits per heavy atom. The smallest absolute Gasteiger partial charge is 0.413 e. The van der Waals surface area contributed by atoms with Crippen LogP contribution in [0.3, 0.4) is 0 Å². The highest BCUT2D eigenvalue weighted by Gasteiger charge is 2.19. The van der Waals surface area contributed by atoms with E-state index in [1.165, 1.54) is 0 Å². The molecular formula is C10H18N2O5. The van der Waals surface area contributed by atoms with Gasteiger partial charge in [-0.25, -0.2) is 4.79 Å². The average molecular weight is 246 g/mol. The van der Waals surface area contributed by atoms with Crippen LogP contribution in [0.1, 0.15) is 20.3 Å². The summed E-state index contributed by atoms with van der Waals surface area (Å²) in [4.78, 5) is 34.3. The standard InChI is InChI=1S/C10H18N2O5/c1-4-12(7(2)5-9(14)15)6-8(13)11-10(16)17-3/h7H,4-6H2,1-3H3,(H,14,15)(H,11,13,16). The van der Waals surface area contributed by atoms with Gasteiger partial charge in [-0.05, 0) is 13.5 Å². The van der Waals surface area contributed by atoms with Crippen molar-refractivity contribution in [2.24, 2.45) is 0 Å². The van der Waals surface area contributed by atoms with Crippen molar-refractivity contribution >= 4 is 18.0 Å². The van der Waals surface area contributed by atoms with E-state index >= 15 is 0 Å². The Bertz CT molecular complexity index is 292. The van der Waals surface area contributed by atoms with E-state index in [2.05, 4.69) is 4.74 Å². The Morgan fingerprint density at radius 1 is 1.41 bits per heavy atom. The summed E-state index contributed by atoms with van der Waals surface area (Å²) in [6.45, 7) is 4.00. The SMILES string of the molecule is CCN(CC(=O)NC(=O)OC)C(C)CC(=O)O. The number of hydrogen-bond acceptors (Lipinski definition) is 5. The molecule has 7 heteroatoms. The molecule has 0 heterocycles. The Kier molecular flexibility index (Phi) is 6.88. The molecule has 1 unspecified atom stereocenters. The maximum atomic E-state index is 11.4. The van der Waals surface area contributed by atoms with Crippen molar-refractivity contribution in [2.45, 2.75) is 26.3 Å². The number of carboxylic acid groups (broad SMARTS) is 1. The monoisotopic (exact) mass is 246 g/mol. The minimum atomic E-state index is -0.927. The van der Waals surface area contributed by atoms with Crippen LogP contribution in [0.25, 0.3) is 0 Å². The van der Waals surface area contributed by atoms with E-state index < -0.39 is 18.0 Å². The van der Waals surface area contributed by atoms with Gasteiger partial charge in [0.05, 0.1) is 20.1 Å². The quantitative estimate of drug-likeness (QED) is 0.687. The maximum absolute atomic E-state index is 11.4. The first-order valence-corrected chi connectivity index (χ1v) is 5.24. The number of likely N-dealkylation sites (N-methyl/N-ethyl adjacent to an activating group) is 1. The third-order valence-corrected chi connectivity index (χ3v) is 2.27. The fourth-order valence-corrected chi connectivity index (χ4v) is 1.35. The van der Waals surface area contributed by atoms with Crippen LogP contribution in [0.4, 0.5) is 4.79 Å². The van der Waals surface area contributed by atoms with Crippen LogP contribution in [0.2, 0.25) is 0 Å². The van der Waals surface area contributed by atoms with Gasteiger partial charge in [0.15, 0.2) is 0 Å². The summed E-state index contributed by atoms with van der Waals surface area (Å²) in [5, 5.41) is 10.7. The highest BCUT2D eigenvalue weighted by Crippen LogP contribution is 2.03. The summed E-state index contributed by atoms with van der Waals surface area (Å²) >= 11 is 0. The van der Waals surface area contributed by atoms with Crippen LogP contribution in [0, 0.1) is 0 Å². The van der Waals surface area contributed by atoms with E-state index in [-0.39, 0.29) is 19.0 Å². The number of methoxy groups -OCH3 is 1. The average Bonchev–Trinajstić information content (AvgIpc) is 2.24. The van der Waals surface area contributed by atoms with Gasteiger partial charge in [-0.2, -0.15) is 0 Å². The second kappa shape index (κ2) is 7.61. The normalized spacial score (nSPS) is 12.0. The second-order valence-electron chi connectivity index (χ2n) is 3.55. The van der Waals surface area contributed by atoms with E-state index in [1.807, 2.05) is 12.2 Å². The molecule has 0 aromatic heterocycles. The van der Waals surface area contributed by atoms with Crippen LogP contribution in [0.5, 0.6) is 0 Å². The zero-order valence-electron chi connectivity index (χ0n) is 10.2. The molecule has 0 rings (SSSR count). The third kappa shape index (κ3) is 6.52. The number of ether oxygens (including phenoxy) is 1. The van der Waals surface area contributed by atoms with Gasteiger partial charge in [0.25, 0.3) is 0 Å². The number of hydrogen-bond donors (Lipinski definition) is 2. The maximum Gasteiger partial charge on any atom is 0.413 e. The lowest BCUT2D eigenvalue weighted by Crippen LogP contribution is -2.44. The number of nitrogens with one attached hydrogen (secondary N) is 1. The number of rotatable bonds is 6. The molecule has 0 fully saturated rings. The molecule has 2 N–H and O–H groups in total. The minimum Gasteiger partial charge on any atom is -0.481 e. The summed E-state index contributed by atoms with van der Waals surface area (Å²) < 4.78 is 4.28. The number of carboxylic acids is 1. The van der Waals surface area contributed by atoms with Gasteiger partial charge in [-0.1, -0.05) is 6.92 Å². The molecule has 0 saturated heterocycles. The zero-order valence-corrected chi connectivity index (χ0v) is 10.2. The molecule has 0 aromatic carbocycles. The Balaban J connectivity index is 4.24. The Morgan fingerprint density at radius 2 is 2.00 bits per heavy atom. The zero-order chi connectivity index (χ0) is 13.4. The predicted molar refractivity (Wildman–Crippen MR) is 59.5 cm³/mol. The molecule has 0 saturated carbocycles. The molecule has 0 radical (unpaired) electrons. The molecule has 7 nitrogen and oxygen atoms in total. The highest BCUT2D eigenvalue weighted by molar-refractivity contribution is 5.92. The first-order chi connectivity index (χ1) is 7.90. The minimum absolute atomic E-state index is 0.0416. The van der Waals surface area contributed by atoms with Crippen LogP contribution >= 0.6 is 0 Å². The molecule has 1 atom stereocenters. The fourth-order valence-electron chi connectivity index (χ4n) is 1.35. The molecule has 17 heavy (non-hydrogen) atoms. The molecule has 0 spiro atoms. The first kappa shape index (κ1) is 15.4. The molecule has 0 bridgehead atoms. The number of imide groups is 1. The predicted octanol–water partition coefficient (Wildman–Crippen LogP) is 0.0541. The van der Waals surface area contributed by atoms with Crippen molar-refractivity contribution in [1.82, 2.24) is 10.2 Å². The third-order valence-electron chi connectivity index (χ3n) is 2.27. The van der Waals surface area contributed by atoms with Gasteiger partial charge in [0.2, 0.25) is 5.91 Å². The van der Waals surface area contributed by atoms with Crippen LogP contribution in [-0.4, -0.2) is 54.2 Å².